The first kappa shape index (κ1) is 11.1. The molecule has 1 aliphatic heterocycles. The molecule has 2 heterocycles. The molecule has 1 aromatic rings. The summed E-state index contributed by atoms with van der Waals surface area (Å²) in [6.07, 6.45) is 4.45. The topological polar surface area (TPSA) is 29.1 Å². The number of carbonyl (C=O) groups excluding carboxylic acids is 1. The number of Topliss-reactive ketones (excluding diaryl/α,β-unsaturated/α-hetero) is 1. The lowest BCUT2D eigenvalue weighted by Gasteiger charge is -2.13. The fourth-order valence-electron chi connectivity index (χ4n) is 1.88. The van der Waals surface area contributed by atoms with Crippen molar-refractivity contribution in [1.82, 2.24) is 5.32 Å². The third-order valence-corrected chi connectivity index (χ3v) is 4.07. The summed E-state index contributed by atoms with van der Waals surface area (Å²) in [6, 6.07) is 1.76. The third kappa shape index (κ3) is 2.60. The highest BCUT2D eigenvalue weighted by Gasteiger charge is 2.23. The maximum atomic E-state index is 12.1. The number of carbonyl (C=O) groups is 1. The van der Waals surface area contributed by atoms with Gasteiger partial charge in [0.05, 0.1) is 15.9 Å². The molecule has 1 aliphatic rings. The largest absolute Gasteiger partial charge is 0.307 e. The molecule has 4 heteroatoms. The highest BCUT2D eigenvalue weighted by Crippen LogP contribution is 2.25. The van der Waals surface area contributed by atoms with Gasteiger partial charge in [-0.05, 0) is 30.8 Å². The summed E-state index contributed by atoms with van der Waals surface area (Å²) in [6.45, 7) is 0.944. The number of hydrogen-bond acceptors (Lipinski definition) is 3. The first-order valence-corrected chi connectivity index (χ1v) is 6.55. The molecule has 1 unspecified atom stereocenters. The van der Waals surface area contributed by atoms with Gasteiger partial charge in [-0.2, -0.15) is 0 Å². The van der Waals surface area contributed by atoms with Gasteiger partial charge >= 0.3 is 0 Å². The van der Waals surface area contributed by atoms with E-state index in [-0.39, 0.29) is 11.8 Å². The van der Waals surface area contributed by atoms with Crippen molar-refractivity contribution in [2.45, 2.75) is 31.7 Å². The minimum atomic E-state index is -0.0244. The Balaban J connectivity index is 2.09. The summed E-state index contributed by atoms with van der Waals surface area (Å²) in [4.78, 5) is 12.8. The van der Waals surface area contributed by atoms with Gasteiger partial charge < -0.3 is 5.32 Å². The summed E-state index contributed by atoms with van der Waals surface area (Å²) < 4.78 is 0. The standard InChI is InChI=1S/C11H14ClNOS/c12-8-5-7-15-11(8)10(14)9-4-2-1-3-6-13-9/h5,7,9,13H,1-4,6H2. The van der Waals surface area contributed by atoms with Crippen LogP contribution >= 0.6 is 22.9 Å². The molecule has 15 heavy (non-hydrogen) atoms. The smallest absolute Gasteiger partial charge is 0.191 e. The lowest BCUT2D eigenvalue weighted by Crippen LogP contribution is -2.35. The van der Waals surface area contributed by atoms with Crippen molar-refractivity contribution >= 4 is 28.7 Å². The normalized spacial score (nSPS) is 22.3. The molecule has 0 spiro atoms. The first-order chi connectivity index (χ1) is 7.29. The van der Waals surface area contributed by atoms with Crippen LogP contribution < -0.4 is 5.32 Å². The predicted octanol–water partition coefficient (Wildman–Crippen LogP) is 3.12. The number of hydrogen-bond donors (Lipinski definition) is 1. The van der Waals surface area contributed by atoms with E-state index in [1.165, 1.54) is 24.2 Å². The van der Waals surface area contributed by atoms with E-state index in [2.05, 4.69) is 5.32 Å². The van der Waals surface area contributed by atoms with Crippen LogP contribution in [-0.4, -0.2) is 18.4 Å². The zero-order chi connectivity index (χ0) is 10.7. The van der Waals surface area contributed by atoms with Crippen LogP contribution in [0.4, 0.5) is 0 Å². The molecule has 0 radical (unpaired) electrons. The molecular formula is C11H14ClNOS. The minimum absolute atomic E-state index is 0.0244. The van der Waals surface area contributed by atoms with E-state index in [1.807, 2.05) is 5.38 Å². The monoisotopic (exact) mass is 243 g/mol. The van der Waals surface area contributed by atoms with Gasteiger partial charge in [-0.3, -0.25) is 4.79 Å². The summed E-state index contributed by atoms with van der Waals surface area (Å²) in [7, 11) is 0. The van der Waals surface area contributed by atoms with Gasteiger partial charge in [-0.15, -0.1) is 11.3 Å². The molecule has 82 valence electrons. The van der Waals surface area contributed by atoms with E-state index in [4.69, 9.17) is 11.6 Å². The Morgan fingerprint density at radius 3 is 3.07 bits per heavy atom. The van der Waals surface area contributed by atoms with Crippen LogP contribution in [0, 0.1) is 0 Å². The predicted molar refractivity (Wildman–Crippen MR) is 63.9 cm³/mol. The first-order valence-electron chi connectivity index (χ1n) is 5.29. The highest BCUT2D eigenvalue weighted by molar-refractivity contribution is 7.12. The molecule has 1 aromatic heterocycles. The van der Waals surface area contributed by atoms with E-state index in [0.29, 0.717) is 9.90 Å². The van der Waals surface area contributed by atoms with E-state index in [9.17, 15) is 4.79 Å². The van der Waals surface area contributed by atoms with Crippen molar-refractivity contribution in [2.75, 3.05) is 6.54 Å². The molecule has 1 N–H and O–H groups in total. The Morgan fingerprint density at radius 1 is 1.47 bits per heavy atom. The summed E-state index contributed by atoms with van der Waals surface area (Å²) in [5.74, 6) is 0.164. The quantitative estimate of drug-likeness (QED) is 0.809. The molecule has 0 aliphatic carbocycles. The molecular weight excluding hydrogens is 230 g/mol. The van der Waals surface area contributed by atoms with Crippen LogP contribution in [0.5, 0.6) is 0 Å². The van der Waals surface area contributed by atoms with Gasteiger partial charge in [0.15, 0.2) is 5.78 Å². The van der Waals surface area contributed by atoms with E-state index < -0.39 is 0 Å². The second-order valence-electron chi connectivity index (χ2n) is 3.82. The maximum Gasteiger partial charge on any atom is 0.191 e. The van der Waals surface area contributed by atoms with Crippen LogP contribution in [0.2, 0.25) is 5.02 Å². The van der Waals surface area contributed by atoms with E-state index >= 15 is 0 Å². The molecule has 2 rings (SSSR count). The van der Waals surface area contributed by atoms with Crippen molar-refractivity contribution in [3.63, 3.8) is 0 Å². The Kier molecular flexibility index (Phi) is 3.78. The van der Waals surface area contributed by atoms with Crippen molar-refractivity contribution in [3.8, 4) is 0 Å². The van der Waals surface area contributed by atoms with Crippen LogP contribution in [-0.2, 0) is 0 Å². The lowest BCUT2D eigenvalue weighted by atomic mass is 10.1. The third-order valence-electron chi connectivity index (χ3n) is 2.72. The summed E-state index contributed by atoms with van der Waals surface area (Å²) in [5, 5.41) is 5.76. The number of halogens is 1. The van der Waals surface area contributed by atoms with Gasteiger partial charge in [0.1, 0.15) is 0 Å². The number of thiophene rings is 1. The van der Waals surface area contributed by atoms with Crippen LogP contribution in [0.15, 0.2) is 11.4 Å². The summed E-state index contributed by atoms with van der Waals surface area (Å²) in [5.41, 5.74) is 0. The molecule has 1 fully saturated rings. The van der Waals surface area contributed by atoms with Gasteiger partial charge in [-0.1, -0.05) is 24.4 Å². The van der Waals surface area contributed by atoms with Crippen LogP contribution in [0.25, 0.3) is 0 Å². The van der Waals surface area contributed by atoms with Gasteiger partial charge in [0, 0.05) is 0 Å². The SMILES string of the molecule is O=C(c1sccc1Cl)C1CCCCCN1. The molecule has 0 amide bonds. The zero-order valence-corrected chi connectivity index (χ0v) is 10.0. The van der Waals surface area contributed by atoms with E-state index in [1.54, 1.807) is 6.07 Å². The van der Waals surface area contributed by atoms with Crippen LogP contribution in [0.3, 0.4) is 0 Å². The molecule has 0 saturated carbocycles. The molecule has 2 nitrogen and oxygen atoms in total. The Bertz CT molecular complexity index is 342. The number of nitrogens with one attached hydrogen (secondary N) is 1. The van der Waals surface area contributed by atoms with E-state index in [0.717, 1.165) is 19.4 Å². The second-order valence-corrected chi connectivity index (χ2v) is 5.14. The summed E-state index contributed by atoms with van der Waals surface area (Å²) >= 11 is 7.39. The highest BCUT2D eigenvalue weighted by atomic mass is 35.5. The van der Waals surface area contributed by atoms with Gasteiger partial charge in [-0.25, -0.2) is 0 Å². The van der Waals surface area contributed by atoms with Gasteiger partial charge in [0.25, 0.3) is 0 Å². The zero-order valence-electron chi connectivity index (χ0n) is 8.46. The van der Waals surface area contributed by atoms with Gasteiger partial charge in [0.2, 0.25) is 0 Å². The average Bonchev–Trinajstić information content (AvgIpc) is 2.53. The fraction of sp³-hybridized carbons (Fsp3) is 0.545. The molecule has 0 bridgehead atoms. The van der Waals surface area contributed by atoms with Crippen LogP contribution in [0.1, 0.15) is 35.4 Å². The molecule has 0 aromatic carbocycles. The Hall–Kier alpha value is -0.380. The fourth-order valence-corrected chi connectivity index (χ4v) is 3.02. The number of rotatable bonds is 2. The lowest BCUT2D eigenvalue weighted by molar-refractivity contribution is 0.0945. The van der Waals surface area contributed by atoms with Crippen molar-refractivity contribution in [1.29, 1.82) is 0 Å². The van der Waals surface area contributed by atoms with Crippen molar-refractivity contribution in [3.05, 3.63) is 21.3 Å². The maximum absolute atomic E-state index is 12.1. The Labute approximate surface area is 98.6 Å². The average molecular weight is 244 g/mol. The Morgan fingerprint density at radius 2 is 2.33 bits per heavy atom. The van der Waals surface area contributed by atoms with Crippen molar-refractivity contribution in [2.24, 2.45) is 0 Å². The molecule has 1 atom stereocenters. The number of ketones is 1. The second kappa shape index (κ2) is 5.10. The molecule has 1 saturated heterocycles. The minimum Gasteiger partial charge on any atom is -0.307 e. The van der Waals surface area contributed by atoms with Crippen molar-refractivity contribution < 1.29 is 4.79 Å².